The van der Waals surface area contributed by atoms with Crippen molar-refractivity contribution in [1.82, 2.24) is 14.8 Å². The second kappa shape index (κ2) is 4.20. The van der Waals surface area contributed by atoms with Crippen LogP contribution in [0.4, 0.5) is 10.1 Å². The van der Waals surface area contributed by atoms with Crippen LogP contribution >= 0.6 is 0 Å². The highest BCUT2D eigenvalue weighted by atomic mass is 19.1. The molecule has 2 rings (SSSR count). The summed E-state index contributed by atoms with van der Waals surface area (Å²) in [6, 6.07) is 2.31. The Hall–Kier alpha value is -2.44. The zero-order chi connectivity index (χ0) is 12.4. The van der Waals surface area contributed by atoms with Crippen LogP contribution in [0, 0.1) is 5.82 Å². The first-order valence-electron chi connectivity index (χ1n) is 4.66. The van der Waals surface area contributed by atoms with E-state index in [1.54, 1.807) is 0 Å². The highest BCUT2D eigenvalue weighted by molar-refractivity contribution is 5.95. The smallest absolute Gasteiger partial charge is 0.340 e. The van der Waals surface area contributed by atoms with E-state index in [0.29, 0.717) is 0 Å². The lowest BCUT2D eigenvalue weighted by Gasteiger charge is -2.08. The molecule has 0 amide bonds. The normalized spacial score (nSPS) is 10.2. The number of rotatable bonds is 2. The predicted molar refractivity (Wildman–Crippen MR) is 57.1 cm³/mol. The molecule has 0 bridgehead atoms. The number of ether oxygens (including phenoxy) is 1. The molecule has 0 saturated carbocycles. The molecule has 7 heteroatoms. The maximum Gasteiger partial charge on any atom is 0.340 e. The fourth-order valence-corrected chi connectivity index (χ4v) is 1.37. The Morgan fingerprint density at radius 3 is 2.88 bits per heavy atom. The fraction of sp³-hybridized carbons (Fsp3) is 0.100. The first-order chi connectivity index (χ1) is 8.13. The lowest BCUT2D eigenvalue weighted by molar-refractivity contribution is 0.0602. The van der Waals surface area contributed by atoms with Gasteiger partial charge in [0.05, 0.1) is 12.7 Å². The standard InChI is InChI=1S/C10H9FN4O2/c1-17-10(16)6-2-9(7(11)3-8(6)12)15-5-13-4-14-15/h2-5H,12H2,1H3. The highest BCUT2D eigenvalue weighted by Gasteiger charge is 2.15. The number of esters is 1. The van der Waals surface area contributed by atoms with Crippen molar-refractivity contribution in [2.24, 2.45) is 0 Å². The van der Waals surface area contributed by atoms with Gasteiger partial charge in [-0.25, -0.2) is 18.9 Å². The van der Waals surface area contributed by atoms with E-state index in [1.807, 2.05) is 0 Å². The summed E-state index contributed by atoms with van der Waals surface area (Å²) in [6.45, 7) is 0. The number of benzene rings is 1. The summed E-state index contributed by atoms with van der Waals surface area (Å²) in [5.74, 6) is -1.23. The molecule has 0 radical (unpaired) electrons. The molecule has 0 atom stereocenters. The molecule has 2 N–H and O–H groups in total. The second-order valence-corrected chi connectivity index (χ2v) is 3.22. The molecule has 0 aliphatic rings. The Bertz CT molecular complexity index is 554. The number of aromatic nitrogens is 3. The first-order valence-corrected chi connectivity index (χ1v) is 4.66. The van der Waals surface area contributed by atoms with Crippen LogP contribution in [0.3, 0.4) is 0 Å². The van der Waals surface area contributed by atoms with Gasteiger partial charge in [-0.3, -0.25) is 0 Å². The number of nitrogens with zero attached hydrogens (tertiary/aromatic N) is 3. The Kier molecular flexibility index (Phi) is 2.73. The zero-order valence-corrected chi connectivity index (χ0v) is 8.92. The number of carbonyl (C=O) groups is 1. The molecule has 1 heterocycles. The molecule has 88 valence electrons. The SMILES string of the molecule is COC(=O)c1cc(-n2cncn2)c(F)cc1N. The molecule has 0 unspecified atom stereocenters. The molecule has 0 saturated heterocycles. The van der Waals surface area contributed by atoms with Crippen molar-refractivity contribution in [3.63, 3.8) is 0 Å². The van der Waals surface area contributed by atoms with Crippen LogP contribution in [-0.2, 0) is 4.74 Å². The maximum atomic E-state index is 13.6. The number of nitrogen functional groups attached to an aromatic ring is 1. The summed E-state index contributed by atoms with van der Waals surface area (Å²) in [4.78, 5) is 15.1. The molecule has 17 heavy (non-hydrogen) atoms. The molecule has 0 aliphatic heterocycles. The summed E-state index contributed by atoms with van der Waals surface area (Å²) in [7, 11) is 1.22. The number of carbonyl (C=O) groups excluding carboxylic acids is 1. The number of hydrogen-bond donors (Lipinski definition) is 1. The van der Waals surface area contributed by atoms with E-state index in [4.69, 9.17) is 5.73 Å². The second-order valence-electron chi connectivity index (χ2n) is 3.22. The molecular weight excluding hydrogens is 227 g/mol. The van der Waals surface area contributed by atoms with Crippen LogP contribution in [0.15, 0.2) is 24.8 Å². The van der Waals surface area contributed by atoms with Crippen molar-refractivity contribution >= 4 is 11.7 Å². The average Bonchev–Trinajstić information content (AvgIpc) is 2.81. The van der Waals surface area contributed by atoms with Crippen LogP contribution in [0.25, 0.3) is 5.69 Å². The zero-order valence-electron chi connectivity index (χ0n) is 8.92. The van der Waals surface area contributed by atoms with Gasteiger partial charge in [0.1, 0.15) is 18.3 Å². The minimum atomic E-state index is -0.635. The number of anilines is 1. The molecule has 2 aromatic rings. The number of methoxy groups -OCH3 is 1. The van der Waals surface area contributed by atoms with E-state index in [-0.39, 0.29) is 16.9 Å². The Balaban J connectivity index is 2.58. The van der Waals surface area contributed by atoms with Gasteiger partial charge in [0.15, 0.2) is 5.82 Å². The monoisotopic (exact) mass is 236 g/mol. The van der Waals surface area contributed by atoms with E-state index < -0.39 is 11.8 Å². The van der Waals surface area contributed by atoms with Crippen LogP contribution in [0.5, 0.6) is 0 Å². The minimum absolute atomic E-state index is 0.0122. The number of hydrogen-bond acceptors (Lipinski definition) is 5. The van der Waals surface area contributed by atoms with Crippen LogP contribution in [0.1, 0.15) is 10.4 Å². The minimum Gasteiger partial charge on any atom is -0.465 e. The third kappa shape index (κ3) is 1.94. The third-order valence-corrected chi connectivity index (χ3v) is 2.19. The van der Waals surface area contributed by atoms with Crippen molar-refractivity contribution in [2.75, 3.05) is 12.8 Å². The van der Waals surface area contributed by atoms with Crippen molar-refractivity contribution in [3.05, 3.63) is 36.2 Å². The first kappa shape index (κ1) is 11.1. The van der Waals surface area contributed by atoms with Gasteiger partial charge in [0.2, 0.25) is 0 Å². The summed E-state index contributed by atoms with van der Waals surface area (Å²) in [5.41, 5.74) is 5.71. The predicted octanol–water partition coefficient (Wildman–Crippen LogP) is 0.775. The van der Waals surface area contributed by atoms with Crippen LogP contribution in [-0.4, -0.2) is 27.8 Å². The van der Waals surface area contributed by atoms with Crippen LogP contribution < -0.4 is 5.73 Å². The van der Waals surface area contributed by atoms with Crippen molar-refractivity contribution < 1.29 is 13.9 Å². The van der Waals surface area contributed by atoms with Gasteiger partial charge in [-0.05, 0) is 12.1 Å². The average molecular weight is 236 g/mol. The summed E-state index contributed by atoms with van der Waals surface area (Å²) in [5, 5.41) is 3.78. The Morgan fingerprint density at radius 2 is 2.29 bits per heavy atom. The van der Waals surface area contributed by atoms with Crippen molar-refractivity contribution in [1.29, 1.82) is 0 Å². The van der Waals surface area contributed by atoms with Gasteiger partial charge in [-0.15, -0.1) is 0 Å². The van der Waals surface area contributed by atoms with Crippen molar-refractivity contribution in [2.45, 2.75) is 0 Å². The molecule has 1 aromatic carbocycles. The van der Waals surface area contributed by atoms with Gasteiger partial charge >= 0.3 is 5.97 Å². The number of halogens is 1. The fourth-order valence-electron chi connectivity index (χ4n) is 1.37. The van der Waals surface area contributed by atoms with Gasteiger partial charge in [-0.2, -0.15) is 5.10 Å². The molecule has 1 aromatic heterocycles. The van der Waals surface area contributed by atoms with E-state index in [1.165, 1.54) is 30.5 Å². The summed E-state index contributed by atoms with van der Waals surface area (Å²) >= 11 is 0. The number of nitrogens with two attached hydrogens (primary N) is 1. The van der Waals surface area contributed by atoms with Gasteiger partial charge in [-0.1, -0.05) is 0 Å². The third-order valence-electron chi connectivity index (χ3n) is 2.19. The van der Waals surface area contributed by atoms with Crippen molar-refractivity contribution in [3.8, 4) is 5.69 Å². The lowest BCUT2D eigenvalue weighted by atomic mass is 10.1. The Morgan fingerprint density at radius 1 is 1.53 bits per heavy atom. The van der Waals surface area contributed by atoms with Gasteiger partial charge < -0.3 is 10.5 Å². The maximum absolute atomic E-state index is 13.6. The molecule has 0 fully saturated rings. The topological polar surface area (TPSA) is 83.0 Å². The summed E-state index contributed by atoms with van der Waals surface area (Å²) < 4.78 is 19.4. The Labute approximate surface area is 95.8 Å². The quantitative estimate of drug-likeness (QED) is 0.615. The molecular formula is C10H9FN4O2. The summed E-state index contributed by atoms with van der Waals surface area (Å²) in [6.07, 6.45) is 2.57. The van der Waals surface area contributed by atoms with E-state index in [9.17, 15) is 9.18 Å². The lowest BCUT2D eigenvalue weighted by Crippen LogP contribution is -2.09. The van der Waals surface area contributed by atoms with E-state index in [2.05, 4.69) is 14.8 Å². The van der Waals surface area contributed by atoms with Crippen LogP contribution in [0.2, 0.25) is 0 Å². The molecule has 0 aliphatic carbocycles. The van der Waals surface area contributed by atoms with Gasteiger partial charge in [0, 0.05) is 5.69 Å². The van der Waals surface area contributed by atoms with E-state index >= 15 is 0 Å². The van der Waals surface area contributed by atoms with E-state index in [0.717, 1.165) is 6.07 Å². The van der Waals surface area contributed by atoms with Gasteiger partial charge in [0.25, 0.3) is 0 Å². The highest BCUT2D eigenvalue weighted by Crippen LogP contribution is 2.21. The largest absolute Gasteiger partial charge is 0.465 e. The molecule has 6 nitrogen and oxygen atoms in total. The molecule has 0 spiro atoms.